The van der Waals surface area contributed by atoms with Crippen molar-refractivity contribution in [3.8, 4) is 0 Å². The van der Waals surface area contributed by atoms with Gasteiger partial charge in [-0.15, -0.1) is 0 Å². The predicted octanol–water partition coefficient (Wildman–Crippen LogP) is 3.50. The smallest absolute Gasteiger partial charge is 0.284 e. The standard InChI is InChI=1S/C9H6BrF3O/c1-5-4-6(2-3-7(5)10)8(14)9(11,12)13/h2-4H,1H3. The number of hydrogen-bond donors (Lipinski definition) is 0. The lowest BCUT2D eigenvalue weighted by Crippen LogP contribution is -2.22. The summed E-state index contributed by atoms with van der Waals surface area (Å²) >= 11 is 3.14. The summed E-state index contributed by atoms with van der Waals surface area (Å²) in [6.45, 7) is 1.62. The van der Waals surface area contributed by atoms with Crippen molar-refractivity contribution in [1.82, 2.24) is 0 Å². The molecule has 0 unspecified atom stereocenters. The summed E-state index contributed by atoms with van der Waals surface area (Å²) in [7, 11) is 0. The molecule has 0 N–H and O–H groups in total. The van der Waals surface area contributed by atoms with Gasteiger partial charge in [0.05, 0.1) is 0 Å². The van der Waals surface area contributed by atoms with E-state index in [9.17, 15) is 18.0 Å². The molecule has 0 bridgehead atoms. The number of benzene rings is 1. The average Bonchev–Trinajstić information content (AvgIpc) is 2.07. The minimum Gasteiger partial charge on any atom is -0.284 e. The molecule has 0 saturated heterocycles. The minimum atomic E-state index is -4.81. The lowest BCUT2D eigenvalue weighted by Gasteiger charge is -2.06. The first-order valence-electron chi connectivity index (χ1n) is 3.70. The zero-order valence-electron chi connectivity index (χ0n) is 7.15. The van der Waals surface area contributed by atoms with E-state index in [1.54, 1.807) is 6.92 Å². The number of alkyl halides is 3. The summed E-state index contributed by atoms with van der Waals surface area (Å²) in [5.74, 6) is -1.81. The highest BCUT2D eigenvalue weighted by Gasteiger charge is 2.39. The third-order valence-corrected chi connectivity index (χ3v) is 2.57. The second kappa shape index (κ2) is 3.73. The van der Waals surface area contributed by atoms with Crippen molar-refractivity contribution in [1.29, 1.82) is 0 Å². The van der Waals surface area contributed by atoms with Crippen LogP contribution in [0.4, 0.5) is 13.2 Å². The average molecular weight is 267 g/mol. The first-order chi connectivity index (χ1) is 6.32. The highest BCUT2D eigenvalue weighted by atomic mass is 79.9. The van der Waals surface area contributed by atoms with Gasteiger partial charge in [0, 0.05) is 10.0 Å². The van der Waals surface area contributed by atoms with Crippen LogP contribution in [-0.2, 0) is 0 Å². The largest absolute Gasteiger partial charge is 0.454 e. The molecule has 0 aliphatic rings. The van der Waals surface area contributed by atoms with E-state index in [0.29, 0.717) is 10.0 Å². The van der Waals surface area contributed by atoms with Gasteiger partial charge in [-0.05, 0) is 30.7 Å². The molecule has 14 heavy (non-hydrogen) atoms. The fourth-order valence-electron chi connectivity index (χ4n) is 0.950. The molecule has 0 saturated carbocycles. The number of hydrogen-bond acceptors (Lipinski definition) is 1. The zero-order chi connectivity index (χ0) is 10.9. The Morgan fingerprint density at radius 2 is 1.93 bits per heavy atom. The van der Waals surface area contributed by atoms with Gasteiger partial charge >= 0.3 is 6.18 Å². The zero-order valence-corrected chi connectivity index (χ0v) is 8.74. The molecule has 0 atom stereocenters. The molecule has 0 spiro atoms. The van der Waals surface area contributed by atoms with Gasteiger partial charge in [-0.3, -0.25) is 4.79 Å². The number of carbonyl (C=O) groups excluding carboxylic acids is 1. The lowest BCUT2D eigenvalue weighted by molar-refractivity contribution is -0.0885. The Hall–Kier alpha value is -0.840. The first-order valence-corrected chi connectivity index (χ1v) is 4.49. The van der Waals surface area contributed by atoms with Crippen molar-refractivity contribution in [2.24, 2.45) is 0 Å². The number of aryl methyl sites for hydroxylation is 1. The third kappa shape index (κ3) is 2.35. The van der Waals surface area contributed by atoms with Crippen molar-refractivity contribution in [3.63, 3.8) is 0 Å². The molecule has 1 nitrogen and oxygen atoms in total. The van der Waals surface area contributed by atoms with E-state index >= 15 is 0 Å². The van der Waals surface area contributed by atoms with Crippen LogP contribution in [-0.4, -0.2) is 12.0 Å². The molecule has 1 rings (SSSR count). The van der Waals surface area contributed by atoms with Crippen molar-refractivity contribution in [2.45, 2.75) is 13.1 Å². The van der Waals surface area contributed by atoms with E-state index in [2.05, 4.69) is 15.9 Å². The van der Waals surface area contributed by atoms with Crippen LogP contribution in [0, 0.1) is 6.92 Å². The van der Waals surface area contributed by atoms with E-state index in [-0.39, 0.29) is 5.56 Å². The van der Waals surface area contributed by atoms with Crippen LogP contribution in [0.5, 0.6) is 0 Å². The maximum atomic E-state index is 12.0. The highest BCUT2D eigenvalue weighted by molar-refractivity contribution is 9.10. The van der Waals surface area contributed by atoms with Crippen LogP contribution in [0.3, 0.4) is 0 Å². The van der Waals surface area contributed by atoms with Crippen molar-refractivity contribution < 1.29 is 18.0 Å². The van der Waals surface area contributed by atoms with Gasteiger partial charge in [0.1, 0.15) is 0 Å². The Labute approximate surface area is 87.1 Å². The Morgan fingerprint density at radius 3 is 2.36 bits per heavy atom. The van der Waals surface area contributed by atoms with Crippen LogP contribution in [0.25, 0.3) is 0 Å². The second-order valence-corrected chi connectivity index (χ2v) is 3.65. The van der Waals surface area contributed by atoms with Crippen LogP contribution in [0.15, 0.2) is 22.7 Å². The summed E-state index contributed by atoms with van der Waals surface area (Å²) in [6, 6.07) is 3.78. The fraction of sp³-hybridized carbons (Fsp3) is 0.222. The van der Waals surface area contributed by atoms with Crippen molar-refractivity contribution in [2.75, 3.05) is 0 Å². The monoisotopic (exact) mass is 266 g/mol. The molecule has 0 radical (unpaired) electrons. The van der Waals surface area contributed by atoms with E-state index in [1.165, 1.54) is 12.1 Å². The summed E-state index contributed by atoms with van der Waals surface area (Å²) < 4.78 is 36.7. The molecular formula is C9H6BrF3O. The molecule has 0 amide bonds. The molecule has 0 heterocycles. The van der Waals surface area contributed by atoms with Gasteiger partial charge in [-0.25, -0.2) is 0 Å². The highest BCUT2D eigenvalue weighted by Crippen LogP contribution is 2.24. The molecule has 1 aromatic rings. The number of rotatable bonds is 1. The van der Waals surface area contributed by atoms with E-state index < -0.39 is 12.0 Å². The number of carbonyl (C=O) groups is 1. The summed E-state index contributed by atoms with van der Waals surface area (Å²) in [5.41, 5.74) is 0.262. The van der Waals surface area contributed by atoms with Crippen LogP contribution in [0.1, 0.15) is 15.9 Å². The maximum absolute atomic E-state index is 12.0. The Kier molecular flexibility index (Phi) is 2.99. The summed E-state index contributed by atoms with van der Waals surface area (Å²) in [5, 5.41) is 0. The lowest BCUT2D eigenvalue weighted by atomic mass is 10.1. The fourth-order valence-corrected chi connectivity index (χ4v) is 1.20. The predicted molar refractivity (Wildman–Crippen MR) is 49.3 cm³/mol. The van der Waals surface area contributed by atoms with Gasteiger partial charge in [0.25, 0.3) is 5.78 Å². The molecule has 0 aromatic heterocycles. The molecular weight excluding hydrogens is 261 g/mol. The van der Waals surface area contributed by atoms with E-state index in [0.717, 1.165) is 6.07 Å². The maximum Gasteiger partial charge on any atom is 0.454 e. The molecule has 5 heteroatoms. The van der Waals surface area contributed by atoms with Gasteiger partial charge < -0.3 is 0 Å². The van der Waals surface area contributed by atoms with E-state index in [4.69, 9.17) is 0 Å². The normalized spacial score (nSPS) is 11.5. The van der Waals surface area contributed by atoms with Crippen molar-refractivity contribution >= 4 is 21.7 Å². The van der Waals surface area contributed by atoms with E-state index in [1.807, 2.05) is 0 Å². The molecule has 0 aliphatic carbocycles. The quantitative estimate of drug-likeness (QED) is 0.711. The van der Waals surface area contributed by atoms with Gasteiger partial charge in [0.2, 0.25) is 0 Å². The first kappa shape index (κ1) is 11.2. The minimum absolute atomic E-state index is 0.335. The summed E-state index contributed by atoms with van der Waals surface area (Å²) in [4.78, 5) is 10.8. The number of Topliss-reactive ketones (excluding diaryl/α,β-unsaturated/α-hetero) is 1. The van der Waals surface area contributed by atoms with Crippen LogP contribution in [0.2, 0.25) is 0 Å². The molecule has 1 aromatic carbocycles. The topological polar surface area (TPSA) is 17.1 Å². The Balaban J connectivity index is 3.10. The Morgan fingerprint density at radius 1 is 1.36 bits per heavy atom. The van der Waals surface area contributed by atoms with Gasteiger partial charge in [-0.2, -0.15) is 13.2 Å². The van der Waals surface area contributed by atoms with Gasteiger partial charge in [-0.1, -0.05) is 15.9 Å². The molecule has 0 aliphatic heterocycles. The van der Waals surface area contributed by atoms with Crippen LogP contribution >= 0.6 is 15.9 Å². The third-order valence-electron chi connectivity index (χ3n) is 1.68. The molecule has 76 valence electrons. The number of ketones is 1. The SMILES string of the molecule is Cc1cc(C(=O)C(F)(F)F)ccc1Br. The van der Waals surface area contributed by atoms with Crippen molar-refractivity contribution in [3.05, 3.63) is 33.8 Å². The summed E-state index contributed by atoms with van der Waals surface area (Å²) in [6.07, 6.45) is -4.81. The van der Waals surface area contributed by atoms with Gasteiger partial charge in [0.15, 0.2) is 0 Å². The Bertz CT molecular complexity index is 371. The second-order valence-electron chi connectivity index (χ2n) is 2.79. The van der Waals surface area contributed by atoms with Crippen LogP contribution < -0.4 is 0 Å². The molecule has 0 fully saturated rings. The number of halogens is 4.